The Balaban J connectivity index is 1.47. The van der Waals surface area contributed by atoms with Crippen molar-refractivity contribution < 1.29 is 4.92 Å². The lowest BCUT2D eigenvalue weighted by Crippen LogP contribution is -1.86. The number of thioether (sulfide) groups is 6. The van der Waals surface area contributed by atoms with Crippen LogP contribution >= 0.6 is 70.6 Å². The van der Waals surface area contributed by atoms with Crippen molar-refractivity contribution in [1.29, 1.82) is 0 Å². The number of nitrogens with one attached hydrogen (secondary N) is 1. The van der Waals surface area contributed by atoms with Gasteiger partial charge in [0.2, 0.25) is 0 Å². The van der Waals surface area contributed by atoms with Crippen molar-refractivity contribution >= 4 is 88.4 Å². The second-order valence-corrected chi connectivity index (χ2v) is 14.2. The zero-order valence-corrected chi connectivity index (χ0v) is 22.5. The van der Waals surface area contributed by atoms with Crippen LogP contribution in [0.4, 0.5) is 5.69 Å². The van der Waals surface area contributed by atoms with E-state index < -0.39 is 0 Å². The minimum Gasteiger partial charge on any atom is -0.360 e. The molecule has 168 valence electrons. The number of nitro benzene ring substituents is 1. The molecule has 1 aromatic carbocycles. The Morgan fingerprint density at radius 1 is 0.938 bits per heavy atom. The first-order valence-electron chi connectivity index (χ1n) is 10.2. The molecule has 0 aliphatic carbocycles. The van der Waals surface area contributed by atoms with E-state index in [4.69, 9.17) is 0 Å². The molecular formula is C22H22N2O2S6. The zero-order chi connectivity index (χ0) is 22.5. The van der Waals surface area contributed by atoms with Gasteiger partial charge in [0.15, 0.2) is 0 Å². The number of non-ortho nitro benzene ring substituents is 1. The molecule has 0 amide bonds. The van der Waals surface area contributed by atoms with Gasteiger partial charge in [0.1, 0.15) is 0 Å². The van der Waals surface area contributed by atoms with E-state index in [-0.39, 0.29) is 10.6 Å². The van der Waals surface area contributed by atoms with Gasteiger partial charge < -0.3 is 4.98 Å². The number of nitro groups is 1. The van der Waals surface area contributed by atoms with Crippen LogP contribution in [0.1, 0.15) is 37.9 Å². The first-order chi connectivity index (χ1) is 15.6. The van der Waals surface area contributed by atoms with Gasteiger partial charge >= 0.3 is 0 Å². The average molecular weight is 539 g/mol. The molecule has 0 unspecified atom stereocenters. The van der Waals surface area contributed by atoms with E-state index in [1.807, 2.05) is 76.6 Å². The fourth-order valence-corrected chi connectivity index (χ4v) is 11.4. The molecule has 0 spiro atoms. The van der Waals surface area contributed by atoms with E-state index in [0.29, 0.717) is 0 Å². The second-order valence-electron chi connectivity index (χ2n) is 6.83. The van der Waals surface area contributed by atoms with E-state index in [2.05, 4.69) is 31.1 Å². The molecule has 0 saturated heterocycles. The molecule has 32 heavy (non-hydrogen) atoms. The van der Waals surface area contributed by atoms with Gasteiger partial charge in [-0.15, -0.1) is 23.5 Å². The van der Waals surface area contributed by atoms with Crippen LogP contribution in [0.5, 0.6) is 0 Å². The molecule has 0 radical (unpaired) electrons. The number of hydrogen-bond acceptors (Lipinski definition) is 8. The quantitative estimate of drug-likeness (QED) is 0.250. The van der Waals surface area contributed by atoms with Gasteiger partial charge in [0.25, 0.3) is 5.69 Å². The van der Waals surface area contributed by atoms with Crippen LogP contribution in [-0.2, 0) is 0 Å². The van der Waals surface area contributed by atoms with Crippen LogP contribution in [0.15, 0.2) is 57.2 Å². The Morgan fingerprint density at radius 2 is 1.56 bits per heavy atom. The highest BCUT2D eigenvalue weighted by Gasteiger charge is 2.30. The van der Waals surface area contributed by atoms with Gasteiger partial charge in [-0.3, -0.25) is 10.1 Å². The summed E-state index contributed by atoms with van der Waals surface area (Å²) in [6, 6.07) is 6.62. The molecule has 3 heterocycles. The summed E-state index contributed by atoms with van der Waals surface area (Å²) in [4.78, 5) is 16.3. The molecule has 0 saturated carbocycles. The number of H-pyrrole nitrogens is 1. The molecule has 1 N–H and O–H groups in total. The maximum absolute atomic E-state index is 10.8. The topological polar surface area (TPSA) is 58.9 Å². The van der Waals surface area contributed by atoms with Crippen LogP contribution in [0.2, 0.25) is 0 Å². The van der Waals surface area contributed by atoms with Gasteiger partial charge in [-0.1, -0.05) is 67.0 Å². The predicted octanol–water partition coefficient (Wildman–Crippen LogP) is 9.31. The average Bonchev–Trinajstić information content (AvgIpc) is 3.49. The largest absolute Gasteiger partial charge is 0.360 e. The lowest BCUT2D eigenvalue weighted by molar-refractivity contribution is -0.384. The van der Waals surface area contributed by atoms with Gasteiger partial charge in [0, 0.05) is 23.2 Å². The smallest absolute Gasteiger partial charge is 0.269 e. The Morgan fingerprint density at radius 3 is 2.16 bits per heavy atom. The van der Waals surface area contributed by atoms with Crippen molar-refractivity contribution in [2.24, 2.45) is 0 Å². The van der Waals surface area contributed by atoms with E-state index in [0.717, 1.165) is 11.3 Å². The minimum absolute atomic E-state index is 0.110. The maximum Gasteiger partial charge on any atom is 0.269 e. The number of aromatic nitrogens is 1. The summed E-state index contributed by atoms with van der Waals surface area (Å²) in [7, 11) is 0. The number of nitrogens with zero attached hydrogens (tertiary/aromatic N) is 1. The number of hydrogen-bond donors (Lipinski definition) is 1. The summed E-state index contributed by atoms with van der Waals surface area (Å²) in [6.07, 6.45) is 8.51. The van der Waals surface area contributed by atoms with Crippen LogP contribution in [0.25, 0.3) is 12.2 Å². The monoisotopic (exact) mass is 538 g/mol. The van der Waals surface area contributed by atoms with Crippen molar-refractivity contribution in [2.45, 2.75) is 36.5 Å². The van der Waals surface area contributed by atoms with E-state index in [1.165, 1.54) is 63.2 Å². The highest BCUT2D eigenvalue weighted by Crippen LogP contribution is 2.64. The molecule has 2 aliphatic rings. The second kappa shape index (κ2) is 11.6. The lowest BCUT2D eigenvalue weighted by Gasteiger charge is -2.02. The molecular weight excluding hydrogens is 517 g/mol. The molecule has 1 aromatic heterocycles. The Labute approximate surface area is 213 Å². The SMILES string of the molecule is CCCSC1=C(SCCC)SC(=C2Sc3c[nH]c(/C=C/c4ccc([N+](=O)[O-])cc4)c3S2)S1. The van der Waals surface area contributed by atoms with Crippen LogP contribution in [0, 0.1) is 10.1 Å². The van der Waals surface area contributed by atoms with Gasteiger partial charge in [-0.05, 0) is 48.1 Å². The third-order valence-electron chi connectivity index (χ3n) is 4.35. The Hall–Kier alpha value is -0.780. The molecule has 4 rings (SSSR count). The minimum atomic E-state index is -0.375. The summed E-state index contributed by atoms with van der Waals surface area (Å²) in [6.45, 7) is 4.47. The molecule has 0 atom stereocenters. The molecule has 4 nitrogen and oxygen atoms in total. The first kappa shape index (κ1) is 24.3. The van der Waals surface area contributed by atoms with Crippen molar-refractivity contribution in [3.05, 3.63) is 68.8 Å². The summed E-state index contributed by atoms with van der Waals surface area (Å²) in [5, 5.41) is 10.8. The highest BCUT2D eigenvalue weighted by molar-refractivity contribution is 8.42. The van der Waals surface area contributed by atoms with E-state index in [9.17, 15) is 10.1 Å². The van der Waals surface area contributed by atoms with Gasteiger partial charge in [-0.2, -0.15) is 0 Å². The predicted molar refractivity (Wildman–Crippen MR) is 149 cm³/mol. The van der Waals surface area contributed by atoms with E-state index in [1.54, 1.807) is 12.1 Å². The highest BCUT2D eigenvalue weighted by atomic mass is 32.3. The molecule has 2 aromatic rings. The Kier molecular flexibility index (Phi) is 8.80. The summed E-state index contributed by atoms with van der Waals surface area (Å²) < 4.78 is 5.70. The third kappa shape index (κ3) is 5.82. The zero-order valence-electron chi connectivity index (χ0n) is 17.6. The summed E-state index contributed by atoms with van der Waals surface area (Å²) in [5.41, 5.74) is 2.13. The normalized spacial score (nSPS) is 15.9. The fourth-order valence-electron chi connectivity index (χ4n) is 2.82. The molecule has 2 aliphatic heterocycles. The lowest BCUT2D eigenvalue weighted by atomic mass is 10.2. The van der Waals surface area contributed by atoms with Gasteiger partial charge in [0.05, 0.1) is 32.5 Å². The Bertz CT molecular complexity index is 1070. The first-order valence-corrected chi connectivity index (χ1v) is 15.4. The number of aromatic amines is 1. The van der Waals surface area contributed by atoms with Crippen molar-refractivity contribution in [1.82, 2.24) is 4.98 Å². The van der Waals surface area contributed by atoms with Crippen LogP contribution in [0.3, 0.4) is 0 Å². The van der Waals surface area contributed by atoms with Crippen molar-refractivity contribution in [2.75, 3.05) is 11.5 Å². The third-order valence-corrected chi connectivity index (χ3v) is 13.4. The maximum atomic E-state index is 10.8. The van der Waals surface area contributed by atoms with Crippen molar-refractivity contribution in [3.63, 3.8) is 0 Å². The summed E-state index contributed by atoms with van der Waals surface area (Å²) >= 11 is 11.6. The number of fused-ring (bicyclic) bond motifs is 1. The van der Waals surface area contributed by atoms with Crippen LogP contribution in [-0.4, -0.2) is 21.4 Å². The molecule has 10 heteroatoms. The van der Waals surface area contributed by atoms with Crippen molar-refractivity contribution in [3.8, 4) is 0 Å². The number of benzene rings is 1. The summed E-state index contributed by atoms with van der Waals surface area (Å²) in [5.74, 6) is 2.33. The standard InChI is InChI=1S/C22H22N2O2S6/c1-3-11-27-19-20(28-12-4-2)32-22(31-19)21-29-17-13-23-16(18(17)30-21)10-7-14-5-8-15(9-6-14)24(25)26/h5-10,13,23H,3-4,11-12H2,1-2H3/b10-7+. The van der Waals surface area contributed by atoms with Crippen LogP contribution < -0.4 is 0 Å². The fraction of sp³-hybridized carbons (Fsp3) is 0.273. The number of rotatable bonds is 9. The molecule has 0 fully saturated rings. The van der Waals surface area contributed by atoms with E-state index >= 15 is 0 Å². The van der Waals surface area contributed by atoms with Gasteiger partial charge in [-0.25, -0.2) is 0 Å². The molecule has 0 bridgehead atoms.